The van der Waals surface area contributed by atoms with E-state index in [1.54, 1.807) is 18.2 Å². The number of carbonyl (C=O) groups is 1. The highest BCUT2D eigenvalue weighted by atomic mass is 16.5. The Morgan fingerprint density at radius 3 is 2.68 bits per heavy atom. The van der Waals surface area contributed by atoms with Crippen molar-refractivity contribution in [3.63, 3.8) is 0 Å². The van der Waals surface area contributed by atoms with Gasteiger partial charge in [0.1, 0.15) is 0 Å². The summed E-state index contributed by atoms with van der Waals surface area (Å²) in [6, 6.07) is 4.92. The molecule has 0 bridgehead atoms. The van der Waals surface area contributed by atoms with Crippen molar-refractivity contribution in [1.82, 2.24) is 0 Å². The first-order chi connectivity index (χ1) is 9.00. The van der Waals surface area contributed by atoms with E-state index in [4.69, 9.17) is 9.84 Å². The van der Waals surface area contributed by atoms with Crippen LogP contribution in [0.4, 0.5) is 5.69 Å². The fraction of sp³-hybridized carbons (Fsp3) is 0.500. The molecule has 0 aliphatic carbocycles. The van der Waals surface area contributed by atoms with Crippen LogP contribution in [0.2, 0.25) is 0 Å². The van der Waals surface area contributed by atoms with Crippen molar-refractivity contribution in [3.8, 4) is 0 Å². The maximum atomic E-state index is 10.8. The lowest BCUT2D eigenvalue weighted by atomic mass is 9.94. The number of hydrogen-bond donors (Lipinski definition) is 3. The molecule has 0 aromatic heterocycles. The van der Waals surface area contributed by atoms with Crippen LogP contribution >= 0.6 is 0 Å². The van der Waals surface area contributed by atoms with E-state index >= 15 is 0 Å². The normalized spacial score (nSPS) is 18.0. The van der Waals surface area contributed by atoms with Crippen LogP contribution in [0.15, 0.2) is 18.2 Å². The van der Waals surface area contributed by atoms with E-state index < -0.39 is 11.6 Å². The first-order valence-electron chi connectivity index (χ1n) is 6.38. The fourth-order valence-electron chi connectivity index (χ4n) is 2.18. The molecule has 1 aromatic carbocycles. The van der Waals surface area contributed by atoms with Gasteiger partial charge in [-0.05, 0) is 30.7 Å². The van der Waals surface area contributed by atoms with E-state index in [9.17, 15) is 9.90 Å². The van der Waals surface area contributed by atoms with Crippen LogP contribution in [-0.2, 0) is 4.74 Å². The molecule has 1 aliphatic rings. The van der Waals surface area contributed by atoms with Crippen molar-refractivity contribution in [2.45, 2.75) is 25.4 Å². The van der Waals surface area contributed by atoms with Gasteiger partial charge in [0.15, 0.2) is 0 Å². The monoisotopic (exact) mass is 265 g/mol. The predicted octanol–water partition coefficient (Wildman–Crippen LogP) is 1.65. The molecule has 2 rings (SSSR count). The molecule has 1 aromatic rings. The number of carboxylic acid groups (broad SMARTS) is 1. The molecular weight excluding hydrogens is 246 g/mol. The smallest absolute Gasteiger partial charge is 0.335 e. The molecule has 0 amide bonds. The van der Waals surface area contributed by atoms with Crippen molar-refractivity contribution in [2.75, 3.05) is 25.1 Å². The molecule has 5 nitrogen and oxygen atoms in total. The van der Waals surface area contributed by atoms with Crippen LogP contribution in [0, 0.1) is 6.92 Å². The summed E-state index contributed by atoms with van der Waals surface area (Å²) in [7, 11) is 0. The lowest BCUT2D eigenvalue weighted by molar-refractivity contribution is -0.0543. The quantitative estimate of drug-likeness (QED) is 0.771. The molecule has 1 aliphatic heterocycles. The number of nitrogens with one attached hydrogen (secondary N) is 1. The average Bonchev–Trinajstić information content (AvgIpc) is 2.38. The second-order valence-electron chi connectivity index (χ2n) is 5.03. The Morgan fingerprint density at radius 1 is 1.42 bits per heavy atom. The van der Waals surface area contributed by atoms with E-state index in [1.807, 2.05) is 6.92 Å². The molecule has 19 heavy (non-hydrogen) atoms. The summed E-state index contributed by atoms with van der Waals surface area (Å²) < 4.78 is 5.23. The molecule has 1 fully saturated rings. The minimum Gasteiger partial charge on any atom is -0.478 e. The summed E-state index contributed by atoms with van der Waals surface area (Å²) in [4.78, 5) is 10.8. The van der Waals surface area contributed by atoms with Crippen molar-refractivity contribution in [3.05, 3.63) is 29.3 Å². The van der Waals surface area contributed by atoms with Gasteiger partial charge in [-0.25, -0.2) is 4.79 Å². The minimum absolute atomic E-state index is 0.271. The highest BCUT2D eigenvalue weighted by molar-refractivity contribution is 5.88. The van der Waals surface area contributed by atoms with E-state index in [-0.39, 0.29) is 5.56 Å². The first-order valence-corrected chi connectivity index (χ1v) is 6.38. The highest BCUT2D eigenvalue weighted by Crippen LogP contribution is 2.23. The van der Waals surface area contributed by atoms with Gasteiger partial charge in [-0.3, -0.25) is 0 Å². The molecule has 104 valence electrons. The lowest BCUT2D eigenvalue weighted by Gasteiger charge is -2.32. The Balaban J connectivity index is 2.01. The summed E-state index contributed by atoms with van der Waals surface area (Å²) in [6.07, 6.45) is 1.23. The number of aliphatic hydroxyl groups is 1. The number of benzene rings is 1. The third-order valence-corrected chi connectivity index (χ3v) is 3.50. The molecule has 3 N–H and O–H groups in total. The summed E-state index contributed by atoms with van der Waals surface area (Å²) >= 11 is 0. The third-order valence-electron chi connectivity index (χ3n) is 3.50. The summed E-state index contributed by atoms with van der Waals surface area (Å²) in [5.41, 5.74) is 1.24. The van der Waals surface area contributed by atoms with Crippen LogP contribution in [0.3, 0.4) is 0 Å². The second kappa shape index (κ2) is 5.59. The zero-order chi connectivity index (χ0) is 13.9. The standard InChI is InChI=1S/C14H19NO4/c1-10-8-11(13(16)17)2-3-12(10)15-9-14(18)4-6-19-7-5-14/h2-3,8,15,18H,4-7,9H2,1H3,(H,16,17). The van der Waals surface area contributed by atoms with E-state index in [0.717, 1.165) is 11.3 Å². The molecule has 0 spiro atoms. The number of aryl methyl sites for hydroxylation is 1. The van der Waals surface area contributed by atoms with Gasteiger partial charge >= 0.3 is 5.97 Å². The van der Waals surface area contributed by atoms with Crippen LogP contribution in [0.1, 0.15) is 28.8 Å². The highest BCUT2D eigenvalue weighted by Gasteiger charge is 2.29. The number of anilines is 1. The topological polar surface area (TPSA) is 78.8 Å². The number of rotatable bonds is 4. The van der Waals surface area contributed by atoms with Gasteiger partial charge in [0.25, 0.3) is 0 Å². The number of ether oxygens (including phenoxy) is 1. The Labute approximate surface area is 112 Å². The molecule has 0 unspecified atom stereocenters. The summed E-state index contributed by atoms with van der Waals surface area (Å²) in [5.74, 6) is -0.933. The fourth-order valence-corrected chi connectivity index (χ4v) is 2.18. The Kier molecular flexibility index (Phi) is 4.07. The zero-order valence-corrected chi connectivity index (χ0v) is 11.0. The van der Waals surface area contributed by atoms with Crippen molar-refractivity contribution < 1.29 is 19.7 Å². The van der Waals surface area contributed by atoms with Crippen LogP contribution < -0.4 is 5.32 Å². The van der Waals surface area contributed by atoms with Crippen molar-refractivity contribution >= 4 is 11.7 Å². The zero-order valence-electron chi connectivity index (χ0n) is 11.0. The van der Waals surface area contributed by atoms with Gasteiger partial charge in [-0.2, -0.15) is 0 Å². The van der Waals surface area contributed by atoms with E-state index in [1.165, 1.54) is 0 Å². The minimum atomic E-state index is -0.933. The van der Waals surface area contributed by atoms with E-state index in [2.05, 4.69) is 5.32 Å². The lowest BCUT2D eigenvalue weighted by Crippen LogP contribution is -2.42. The second-order valence-corrected chi connectivity index (χ2v) is 5.03. The van der Waals surface area contributed by atoms with Gasteiger partial charge < -0.3 is 20.3 Å². The first kappa shape index (κ1) is 13.8. The van der Waals surface area contributed by atoms with Gasteiger partial charge in [-0.1, -0.05) is 0 Å². The van der Waals surface area contributed by atoms with E-state index in [0.29, 0.717) is 32.6 Å². The van der Waals surface area contributed by atoms with Gasteiger partial charge in [0, 0.05) is 38.3 Å². The molecule has 0 atom stereocenters. The number of aromatic carboxylic acids is 1. The Bertz CT molecular complexity index is 467. The van der Waals surface area contributed by atoms with Crippen LogP contribution in [-0.4, -0.2) is 41.5 Å². The summed E-state index contributed by atoms with van der Waals surface area (Å²) in [5, 5.41) is 22.4. The van der Waals surface area contributed by atoms with Crippen molar-refractivity contribution in [2.24, 2.45) is 0 Å². The van der Waals surface area contributed by atoms with Crippen LogP contribution in [0.25, 0.3) is 0 Å². The Morgan fingerprint density at radius 2 is 2.11 bits per heavy atom. The van der Waals surface area contributed by atoms with Crippen molar-refractivity contribution in [1.29, 1.82) is 0 Å². The van der Waals surface area contributed by atoms with Gasteiger partial charge in [0.2, 0.25) is 0 Å². The predicted molar refractivity (Wildman–Crippen MR) is 71.6 cm³/mol. The molecule has 5 heteroatoms. The third kappa shape index (κ3) is 3.45. The van der Waals surface area contributed by atoms with Crippen LogP contribution in [0.5, 0.6) is 0 Å². The SMILES string of the molecule is Cc1cc(C(=O)O)ccc1NCC1(O)CCOCC1. The maximum Gasteiger partial charge on any atom is 0.335 e. The molecule has 1 saturated heterocycles. The molecule has 0 radical (unpaired) electrons. The molecular formula is C14H19NO4. The largest absolute Gasteiger partial charge is 0.478 e. The maximum absolute atomic E-state index is 10.8. The Hall–Kier alpha value is -1.59. The number of carboxylic acids is 1. The summed E-state index contributed by atoms with van der Waals surface area (Å²) in [6.45, 7) is 3.46. The molecule has 1 heterocycles. The average molecular weight is 265 g/mol. The molecule has 0 saturated carbocycles. The van der Waals surface area contributed by atoms with Gasteiger partial charge in [0.05, 0.1) is 11.2 Å². The number of hydrogen-bond acceptors (Lipinski definition) is 4. The van der Waals surface area contributed by atoms with Gasteiger partial charge in [-0.15, -0.1) is 0 Å².